The third-order valence-electron chi connectivity index (χ3n) is 2.78. The van der Waals surface area contributed by atoms with Crippen LogP contribution in [0, 0.1) is 0 Å². The van der Waals surface area contributed by atoms with Crippen LogP contribution < -0.4 is 5.32 Å². The van der Waals surface area contributed by atoms with Gasteiger partial charge in [-0.1, -0.05) is 6.92 Å². The molecule has 0 aliphatic rings. The number of rotatable bonds is 6. The van der Waals surface area contributed by atoms with Crippen molar-refractivity contribution in [3.8, 4) is 0 Å². The van der Waals surface area contributed by atoms with Crippen LogP contribution in [0.15, 0.2) is 41.4 Å². The van der Waals surface area contributed by atoms with E-state index >= 15 is 0 Å². The van der Waals surface area contributed by atoms with Gasteiger partial charge < -0.3 is 5.32 Å². The third kappa shape index (κ3) is 3.65. The second-order valence-electron chi connectivity index (χ2n) is 4.12. The smallest absolute Gasteiger partial charge is 0.0369 e. The molecule has 1 atom stereocenters. The first-order valence-electron chi connectivity index (χ1n) is 6.04. The van der Waals surface area contributed by atoms with E-state index in [0.717, 1.165) is 19.4 Å². The molecule has 0 fully saturated rings. The van der Waals surface area contributed by atoms with Crippen LogP contribution in [0.25, 0.3) is 0 Å². The number of nitrogens with zero attached hydrogens (tertiary/aromatic N) is 1. The van der Waals surface area contributed by atoms with Gasteiger partial charge in [0, 0.05) is 18.4 Å². The predicted molar refractivity (Wildman–Crippen MR) is 73.3 cm³/mol. The summed E-state index contributed by atoms with van der Waals surface area (Å²) in [6.45, 7) is 3.26. The number of hydrogen-bond acceptors (Lipinski definition) is 3. The van der Waals surface area contributed by atoms with E-state index in [-0.39, 0.29) is 0 Å². The topological polar surface area (TPSA) is 24.9 Å². The largest absolute Gasteiger partial charge is 0.310 e. The van der Waals surface area contributed by atoms with Crippen LogP contribution in [-0.4, -0.2) is 11.5 Å². The minimum absolute atomic E-state index is 0.420. The quantitative estimate of drug-likeness (QED) is 0.844. The lowest BCUT2D eigenvalue weighted by molar-refractivity contribution is 0.530. The van der Waals surface area contributed by atoms with Crippen molar-refractivity contribution in [2.45, 2.75) is 25.8 Å². The summed E-state index contributed by atoms with van der Waals surface area (Å²) in [4.78, 5) is 4.06. The van der Waals surface area contributed by atoms with Gasteiger partial charge in [-0.2, -0.15) is 11.3 Å². The van der Waals surface area contributed by atoms with E-state index < -0.39 is 0 Å². The Morgan fingerprint density at radius 1 is 1.29 bits per heavy atom. The van der Waals surface area contributed by atoms with Gasteiger partial charge in [0.1, 0.15) is 0 Å². The van der Waals surface area contributed by atoms with Gasteiger partial charge >= 0.3 is 0 Å². The van der Waals surface area contributed by atoms with E-state index in [1.165, 1.54) is 11.1 Å². The summed E-state index contributed by atoms with van der Waals surface area (Å²) in [5.41, 5.74) is 2.72. The Labute approximate surface area is 107 Å². The monoisotopic (exact) mass is 246 g/mol. The van der Waals surface area contributed by atoms with Gasteiger partial charge in [-0.05, 0) is 59.5 Å². The van der Waals surface area contributed by atoms with Crippen LogP contribution in [0.5, 0.6) is 0 Å². The van der Waals surface area contributed by atoms with Gasteiger partial charge in [0.2, 0.25) is 0 Å². The normalized spacial score (nSPS) is 12.5. The number of aromatic nitrogens is 1. The fourth-order valence-corrected chi connectivity index (χ4v) is 2.57. The summed E-state index contributed by atoms with van der Waals surface area (Å²) in [5, 5.41) is 7.98. The average molecular weight is 246 g/mol. The van der Waals surface area contributed by atoms with Crippen LogP contribution in [0.1, 0.15) is 30.5 Å². The Morgan fingerprint density at radius 2 is 2.12 bits per heavy atom. The molecule has 0 aromatic carbocycles. The SMILES string of the molecule is CCCNC(Cc1ccncc1)c1ccsc1. The van der Waals surface area contributed by atoms with Crippen LogP contribution in [0.3, 0.4) is 0 Å². The van der Waals surface area contributed by atoms with Crippen molar-refractivity contribution in [1.29, 1.82) is 0 Å². The Bertz CT molecular complexity index is 411. The lowest BCUT2D eigenvalue weighted by Crippen LogP contribution is -2.23. The van der Waals surface area contributed by atoms with Crippen LogP contribution in [0.4, 0.5) is 0 Å². The maximum Gasteiger partial charge on any atom is 0.0369 e. The van der Waals surface area contributed by atoms with Gasteiger partial charge in [0.15, 0.2) is 0 Å². The molecule has 90 valence electrons. The molecular weight excluding hydrogens is 228 g/mol. The van der Waals surface area contributed by atoms with Gasteiger partial charge in [-0.25, -0.2) is 0 Å². The molecular formula is C14H18N2S. The Morgan fingerprint density at radius 3 is 2.76 bits per heavy atom. The van der Waals surface area contributed by atoms with Crippen LogP contribution in [-0.2, 0) is 6.42 Å². The van der Waals surface area contributed by atoms with E-state index in [0.29, 0.717) is 6.04 Å². The van der Waals surface area contributed by atoms with Gasteiger partial charge in [-0.3, -0.25) is 4.98 Å². The molecule has 17 heavy (non-hydrogen) atoms. The standard InChI is InChI=1S/C14H18N2S/c1-2-6-16-14(13-5-9-17-11-13)10-12-3-7-15-8-4-12/h3-5,7-9,11,14,16H,2,6,10H2,1H3. The Kier molecular flexibility index (Phi) is 4.71. The minimum atomic E-state index is 0.420. The fourth-order valence-electron chi connectivity index (χ4n) is 1.85. The highest BCUT2D eigenvalue weighted by atomic mass is 32.1. The first-order chi connectivity index (χ1) is 8.40. The molecule has 2 nitrogen and oxygen atoms in total. The summed E-state index contributed by atoms with van der Waals surface area (Å²) >= 11 is 1.76. The van der Waals surface area contributed by atoms with E-state index in [2.05, 4.69) is 46.2 Å². The van der Waals surface area contributed by atoms with Gasteiger partial charge in [0.05, 0.1) is 0 Å². The number of hydrogen-bond donors (Lipinski definition) is 1. The zero-order chi connectivity index (χ0) is 11.9. The molecule has 1 N–H and O–H groups in total. The summed E-state index contributed by atoms with van der Waals surface area (Å²) in [6.07, 6.45) is 5.91. The van der Waals surface area contributed by atoms with Crippen molar-refractivity contribution in [2.24, 2.45) is 0 Å². The number of pyridine rings is 1. The molecule has 0 aliphatic carbocycles. The second-order valence-corrected chi connectivity index (χ2v) is 4.90. The lowest BCUT2D eigenvalue weighted by Gasteiger charge is -2.17. The molecule has 0 radical (unpaired) electrons. The zero-order valence-corrected chi connectivity index (χ0v) is 10.9. The van der Waals surface area contributed by atoms with Crippen molar-refractivity contribution in [3.63, 3.8) is 0 Å². The molecule has 0 saturated carbocycles. The van der Waals surface area contributed by atoms with Crippen molar-refractivity contribution in [3.05, 3.63) is 52.5 Å². The first-order valence-corrected chi connectivity index (χ1v) is 6.99. The van der Waals surface area contributed by atoms with Crippen molar-refractivity contribution >= 4 is 11.3 Å². The van der Waals surface area contributed by atoms with Crippen molar-refractivity contribution < 1.29 is 0 Å². The molecule has 2 rings (SSSR count). The van der Waals surface area contributed by atoms with E-state index in [9.17, 15) is 0 Å². The molecule has 0 spiro atoms. The molecule has 0 saturated heterocycles. The van der Waals surface area contributed by atoms with Gasteiger partial charge in [0.25, 0.3) is 0 Å². The third-order valence-corrected chi connectivity index (χ3v) is 3.48. The van der Waals surface area contributed by atoms with Crippen LogP contribution >= 0.6 is 11.3 Å². The van der Waals surface area contributed by atoms with E-state index in [1.54, 1.807) is 11.3 Å². The number of thiophene rings is 1. The molecule has 2 aromatic rings. The summed E-state index contributed by atoms with van der Waals surface area (Å²) < 4.78 is 0. The first kappa shape index (κ1) is 12.3. The predicted octanol–water partition coefficient (Wildman–Crippen LogP) is 3.43. The minimum Gasteiger partial charge on any atom is -0.310 e. The highest BCUT2D eigenvalue weighted by molar-refractivity contribution is 7.07. The molecule has 0 bridgehead atoms. The molecule has 3 heteroatoms. The van der Waals surface area contributed by atoms with Crippen LogP contribution in [0.2, 0.25) is 0 Å². The molecule has 1 unspecified atom stereocenters. The summed E-state index contributed by atoms with van der Waals surface area (Å²) in [7, 11) is 0. The fraction of sp³-hybridized carbons (Fsp3) is 0.357. The van der Waals surface area contributed by atoms with E-state index in [4.69, 9.17) is 0 Å². The Hall–Kier alpha value is -1.19. The molecule has 2 aromatic heterocycles. The summed E-state index contributed by atoms with van der Waals surface area (Å²) in [5.74, 6) is 0. The van der Waals surface area contributed by atoms with E-state index in [1.807, 2.05) is 12.4 Å². The maximum absolute atomic E-state index is 4.06. The highest BCUT2D eigenvalue weighted by Gasteiger charge is 2.11. The van der Waals surface area contributed by atoms with Crippen molar-refractivity contribution in [1.82, 2.24) is 10.3 Å². The Balaban J connectivity index is 2.06. The lowest BCUT2D eigenvalue weighted by atomic mass is 10.0. The maximum atomic E-state index is 4.06. The zero-order valence-electron chi connectivity index (χ0n) is 10.1. The summed E-state index contributed by atoms with van der Waals surface area (Å²) in [6, 6.07) is 6.81. The highest BCUT2D eigenvalue weighted by Crippen LogP contribution is 2.20. The molecule has 0 amide bonds. The average Bonchev–Trinajstić information content (AvgIpc) is 2.89. The molecule has 2 heterocycles. The van der Waals surface area contributed by atoms with Gasteiger partial charge in [-0.15, -0.1) is 0 Å². The van der Waals surface area contributed by atoms with Crippen molar-refractivity contribution in [2.75, 3.05) is 6.54 Å². The number of nitrogens with one attached hydrogen (secondary N) is 1. The molecule has 0 aliphatic heterocycles. The second kappa shape index (κ2) is 6.52.